The van der Waals surface area contributed by atoms with Crippen molar-refractivity contribution in [1.82, 2.24) is 0 Å². The van der Waals surface area contributed by atoms with Crippen LogP contribution in [0.1, 0.15) is 6.42 Å². The van der Waals surface area contributed by atoms with Gasteiger partial charge in [-0.05, 0) is 0 Å². The van der Waals surface area contributed by atoms with Crippen LogP contribution in [0.4, 0.5) is 0 Å². The van der Waals surface area contributed by atoms with Gasteiger partial charge in [0.25, 0.3) is 0 Å². The highest BCUT2D eigenvalue weighted by molar-refractivity contribution is 5.94. The maximum atomic E-state index is 9.98. The first-order valence-corrected chi connectivity index (χ1v) is 1.85. The van der Waals surface area contributed by atoms with Gasteiger partial charge in [-0.15, -0.1) is 6.58 Å². The van der Waals surface area contributed by atoms with Gasteiger partial charge in [-0.25, -0.2) is 0 Å². The second-order valence-corrected chi connectivity index (χ2v) is 1.03. The Morgan fingerprint density at radius 1 is 2.00 bits per heavy atom. The lowest BCUT2D eigenvalue weighted by Crippen LogP contribution is -1.86. The first kappa shape index (κ1) is 5.90. The van der Waals surface area contributed by atoms with Crippen molar-refractivity contribution in [3.8, 4) is 6.07 Å². The van der Waals surface area contributed by atoms with Crippen molar-refractivity contribution in [2.45, 2.75) is 6.42 Å². The number of hydrogen-bond acceptors (Lipinski definition) is 2. The molecule has 0 aromatic carbocycles. The maximum absolute atomic E-state index is 9.98. The molecule has 0 saturated heterocycles. The van der Waals surface area contributed by atoms with Gasteiger partial charge in [0, 0.05) is 6.42 Å². The molecular weight excluding hydrogens is 90.1 g/mol. The molecule has 36 valence electrons. The summed E-state index contributed by atoms with van der Waals surface area (Å²) in [6.07, 6.45) is 1.57. The Kier molecular flexibility index (Phi) is 2.62. The molecule has 0 aliphatic carbocycles. The Bertz CT molecular complexity index is 121. The van der Waals surface area contributed by atoms with E-state index in [4.69, 9.17) is 5.26 Å². The van der Waals surface area contributed by atoms with E-state index in [1.807, 2.05) is 0 Å². The highest BCUT2D eigenvalue weighted by Crippen LogP contribution is 1.77. The zero-order chi connectivity index (χ0) is 5.70. The molecule has 0 N–H and O–H groups in total. The molecule has 2 heteroatoms. The van der Waals surface area contributed by atoms with Gasteiger partial charge in [-0.2, -0.15) is 5.26 Å². The van der Waals surface area contributed by atoms with E-state index >= 15 is 0 Å². The number of rotatable bonds is 2. The van der Waals surface area contributed by atoms with E-state index in [0.29, 0.717) is 0 Å². The van der Waals surface area contributed by atoms with E-state index in [1.54, 1.807) is 0 Å². The number of nitriles is 1. The summed E-state index contributed by atoms with van der Waals surface area (Å²) in [4.78, 5) is 9.98. The van der Waals surface area contributed by atoms with Crippen LogP contribution < -0.4 is 0 Å². The number of ketones is 1. The van der Waals surface area contributed by atoms with E-state index in [-0.39, 0.29) is 6.42 Å². The summed E-state index contributed by atoms with van der Waals surface area (Å²) in [5.41, 5.74) is 0. The van der Waals surface area contributed by atoms with Crippen LogP contribution in [0, 0.1) is 11.3 Å². The van der Waals surface area contributed by atoms with Gasteiger partial charge in [0.2, 0.25) is 5.78 Å². The number of allylic oxidation sites excluding steroid dienone is 1. The zero-order valence-corrected chi connectivity index (χ0v) is 3.85. The third-order valence-corrected chi connectivity index (χ3v) is 0.454. The predicted molar refractivity (Wildman–Crippen MR) is 25.4 cm³/mol. The zero-order valence-electron chi connectivity index (χ0n) is 3.85. The molecule has 0 amide bonds. The minimum atomic E-state index is -0.435. The van der Waals surface area contributed by atoms with E-state index in [9.17, 15) is 4.79 Å². The Balaban J connectivity index is 3.43. The van der Waals surface area contributed by atoms with E-state index in [0.717, 1.165) is 0 Å². The Hall–Kier alpha value is -1.10. The van der Waals surface area contributed by atoms with Crippen molar-refractivity contribution >= 4 is 5.78 Å². The lowest BCUT2D eigenvalue weighted by molar-refractivity contribution is -0.113. The molecule has 0 unspecified atom stereocenters. The largest absolute Gasteiger partial charge is 0.282 e. The number of carbonyl (C=O) groups excluding carboxylic acids is 1. The van der Waals surface area contributed by atoms with Crippen LogP contribution in [0.5, 0.6) is 0 Å². The monoisotopic (exact) mass is 95.0 g/mol. The van der Waals surface area contributed by atoms with Gasteiger partial charge >= 0.3 is 0 Å². The lowest BCUT2D eigenvalue weighted by atomic mass is 10.3. The molecule has 0 aromatic rings. The molecule has 0 radical (unpaired) electrons. The first-order chi connectivity index (χ1) is 3.31. The van der Waals surface area contributed by atoms with Crippen molar-refractivity contribution < 1.29 is 4.79 Å². The summed E-state index contributed by atoms with van der Waals surface area (Å²) in [6.45, 7) is 3.28. The fraction of sp³-hybridized carbons (Fsp3) is 0.200. The summed E-state index contributed by atoms with van der Waals surface area (Å²) >= 11 is 0. The molecule has 2 nitrogen and oxygen atoms in total. The third kappa shape index (κ3) is 2.71. The Labute approximate surface area is 42.1 Å². The molecule has 0 spiro atoms. The van der Waals surface area contributed by atoms with Crippen LogP contribution in [0.15, 0.2) is 12.7 Å². The highest BCUT2D eigenvalue weighted by atomic mass is 16.1. The Morgan fingerprint density at radius 2 is 2.57 bits per heavy atom. The fourth-order valence-corrected chi connectivity index (χ4v) is 0.177. The fourth-order valence-electron chi connectivity index (χ4n) is 0.177. The molecular formula is C5H5NO. The molecule has 0 aromatic heterocycles. The van der Waals surface area contributed by atoms with Crippen LogP contribution in [0.2, 0.25) is 0 Å². The van der Waals surface area contributed by atoms with Gasteiger partial charge in [-0.1, -0.05) is 6.08 Å². The standard InChI is InChI=1S/C5H5NO/c1-2-3-5(7)4-6/h2H,1,3H2. The molecule has 0 saturated carbocycles. The van der Waals surface area contributed by atoms with Gasteiger partial charge in [0.1, 0.15) is 6.07 Å². The molecule has 0 bridgehead atoms. The maximum Gasteiger partial charge on any atom is 0.235 e. The van der Waals surface area contributed by atoms with Crippen molar-refractivity contribution in [3.05, 3.63) is 12.7 Å². The average molecular weight is 95.1 g/mol. The first-order valence-electron chi connectivity index (χ1n) is 1.85. The smallest absolute Gasteiger partial charge is 0.235 e. The summed E-state index contributed by atoms with van der Waals surface area (Å²) < 4.78 is 0. The number of nitrogens with zero attached hydrogens (tertiary/aromatic N) is 1. The van der Waals surface area contributed by atoms with E-state index < -0.39 is 5.78 Å². The van der Waals surface area contributed by atoms with Gasteiger partial charge < -0.3 is 0 Å². The second kappa shape index (κ2) is 3.10. The SMILES string of the molecule is C=CCC(=O)C#N. The summed E-state index contributed by atoms with van der Waals surface area (Å²) in [7, 11) is 0. The minimum absolute atomic E-state index is 0.163. The normalized spacial score (nSPS) is 6.71. The quantitative estimate of drug-likeness (QED) is 0.373. The molecule has 0 aliphatic heterocycles. The molecule has 0 heterocycles. The molecule has 0 rings (SSSR count). The molecule has 0 atom stereocenters. The van der Waals surface area contributed by atoms with Crippen molar-refractivity contribution in [1.29, 1.82) is 5.26 Å². The van der Waals surface area contributed by atoms with E-state index in [2.05, 4.69) is 6.58 Å². The van der Waals surface area contributed by atoms with Crippen molar-refractivity contribution in [2.75, 3.05) is 0 Å². The minimum Gasteiger partial charge on any atom is -0.282 e. The van der Waals surface area contributed by atoms with E-state index in [1.165, 1.54) is 12.1 Å². The van der Waals surface area contributed by atoms with Gasteiger partial charge in [-0.3, -0.25) is 4.79 Å². The predicted octanol–water partition coefficient (Wildman–Crippen LogP) is 0.655. The summed E-state index contributed by atoms with van der Waals surface area (Å²) in [5, 5.41) is 7.82. The topological polar surface area (TPSA) is 40.9 Å². The highest BCUT2D eigenvalue weighted by Gasteiger charge is 1.89. The molecule has 0 fully saturated rings. The lowest BCUT2D eigenvalue weighted by Gasteiger charge is -1.72. The second-order valence-electron chi connectivity index (χ2n) is 1.03. The van der Waals surface area contributed by atoms with Crippen molar-refractivity contribution in [3.63, 3.8) is 0 Å². The van der Waals surface area contributed by atoms with Crippen LogP contribution in [0.25, 0.3) is 0 Å². The number of carbonyl (C=O) groups is 1. The van der Waals surface area contributed by atoms with Gasteiger partial charge in [0.05, 0.1) is 0 Å². The van der Waals surface area contributed by atoms with Crippen molar-refractivity contribution in [2.24, 2.45) is 0 Å². The summed E-state index contributed by atoms with van der Waals surface area (Å²) in [5.74, 6) is -0.435. The third-order valence-electron chi connectivity index (χ3n) is 0.454. The van der Waals surface area contributed by atoms with Crippen LogP contribution in [-0.4, -0.2) is 5.78 Å². The molecule has 0 aliphatic rings. The number of hydrogen-bond donors (Lipinski definition) is 0. The van der Waals surface area contributed by atoms with Crippen LogP contribution in [0.3, 0.4) is 0 Å². The van der Waals surface area contributed by atoms with Crippen LogP contribution in [-0.2, 0) is 4.79 Å². The average Bonchev–Trinajstić information content (AvgIpc) is 1.68. The van der Waals surface area contributed by atoms with Crippen LogP contribution >= 0.6 is 0 Å². The van der Waals surface area contributed by atoms with Gasteiger partial charge in [0.15, 0.2) is 0 Å². The number of Topliss-reactive ketones (excluding diaryl/α,β-unsaturated/α-hetero) is 1. The molecule has 7 heavy (non-hydrogen) atoms. The summed E-state index contributed by atoms with van der Waals surface area (Å²) in [6, 6.07) is 1.46. The Morgan fingerprint density at radius 3 is 2.71 bits per heavy atom.